The van der Waals surface area contributed by atoms with Gasteiger partial charge in [-0.3, -0.25) is 0 Å². The quantitative estimate of drug-likeness (QED) is 0.187. The van der Waals surface area contributed by atoms with Crippen LogP contribution in [0, 0.1) is 0 Å². The van der Waals surface area contributed by atoms with Crippen molar-refractivity contribution in [3.63, 3.8) is 0 Å². The van der Waals surface area contributed by atoms with E-state index in [0.717, 1.165) is 0 Å². The molecule has 0 amide bonds. The highest BCUT2D eigenvalue weighted by molar-refractivity contribution is 5.14. The molecule has 1 atom stereocenters. The molecule has 0 aromatic carbocycles. The first kappa shape index (κ1) is 13.7. The van der Waals surface area contributed by atoms with Gasteiger partial charge in [-0.1, -0.05) is 0 Å². The molecule has 1 aliphatic carbocycles. The molecular formula is C7H14O9. The van der Waals surface area contributed by atoms with Crippen molar-refractivity contribution >= 4 is 0 Å². The molecule has 0 radical (unpaired) electrons. The summed E-state index contributed by atoms with van der Waals surface area (Å²) in [5.74, 6) is -15.6. The molecule has 1 unspecified atom stereocenters. The van der Waals surface area contributed by atoms with Crippen molar-refractivity contribution in [1.82, 2.24) is 0 Å². The van der Waals surface area contributed by atoms with Crippen LogP contribution >= 0.6 is 0 Å². The molecule has 0 aliphatic heterocycles. The van der Waals surface area contributed by atoms with Crippen LogP contribution in [0.15, 0.2) is 0 Å². The van der Waals surface area contributed by atoms with E-state index < -0.39 is 35.2 Å². The van der Waals surface area contributed by atoms with Crippen molar-refractivity contribution in [2.45, 2.75) is 42.1 Å². The van der Waals surface area contributed by atoms with E-state index in [-0.39, 0.29) is 0 Å². The van der Waals surface area contributed by atoms with Gasteiger partial charge in [0.2, 0.25) is 5.79 Å². The van der Waals surface area contributed by atoms with E-state index in [2.05, 4.69) is 0 Å². The number of hydrogen-bond donors (Lipinski definition) is 9. The number of aliphatic hydroxyl groups is 9. The fourth-order valence-electron chi connectivity index (χ4n) is 1.62. The van der Waals surface area contributed by atoms with Gasteiger partial charge in [0.05, 0.1) is 0 Å². The van der Waals surface area contributed by atoms with Crippen LogP contribution in [0.25, 0.3) is 0 Å². The zero-order valence-electron chi connectivity index (χ0n) is 8.23. The average molecular weight is 242 g/mol. The third-order valence-electron chi connectivity index (χ3n) is 2.87. The van der Waals surface area contributed by atoms with Gasteiger partial charge in [-0.15, -0.1) is 0 Å². The maximum atomic E-state index is 9.44. The van der Waals surface area contributed by atoms with E-state index in [1.54, 1.807) is 0 Å². The summed E-state index contributed by atoms with van der Waals surface area (Å²) in [5, 5.41) is 82.9. The minimum atomic E-state index is -4.19. The summed E-state index contributed by atoms with van der Waals surface area (Å²) in [5.41, 5.74) is -2.81. The molecular weight excluding hydrogens is 228 g/mol. The molecule has 1 fully saturated rings. The lowest BCUT2D eigenvalue weighted by atomic mass is 9.69. The second-order valence-electron chi connectivity index (χ2n) is 4.28. The molecule has 0 spiro atoms. The van der Waals surface area contributed by atoms with E-state index in [0.29, 0.717) is 6.92 Å². The van der Waals surface area contributed by atoms with Crippen LogP contribution in [-0.2, 0) is 0 Å². The van der Waals surface area contributed by atoms with Gasteiger partial charge in [-0.2, -0.15) is 0 Å². The summed E-state index contributed by atoms with van der Waals surface area (Å²) in [6.07, 6.45) is -1.34. The molecule has 9 heteroatoms. The normalized spacial score (nSPS) is 39.4. The van der Waals surface area contributed by atoms with Crippen molar-refractivity contribution in [2.75, 3.05) is 0 Å². The molecule has 9 nitrogen and oxygen atoms in total. The summed E-state index contributed by atoms with van der Waals surface area (Å²) < 4.78 is 0. The second kappa shape index (κ2) is 2.90. The monoisotopic (exact) mass is 242 g/mol. The summed E-state index contributed by atoms with van der Waals surface area (Å²) in [4.78, 5) is 0. The fraction of sp³-hybridized carbons (Fsp3) is 1.00. The molecule has 1 aliphatic rings. The number of rotatable bonds is 0. The van der Waals surface area contributed by atoms with Crippen LogP contribution in [-0.4, -0.2) is 74.7 Å². The first-order valence-electron chi connectivity index (χ1n) is 4.22. The van der Waals surface area contributed by atoms with Crippen molar-refractivity contribution in [3.8, 4) is 0 Å². The Morgan fingerprint density at radius 3 is 1.38 bits per heavy atom. The average Bonchev–Trinajstić information content (AvgIpc) is 1.98. The minimum Gasteiger partial charge on any atom is -0.384 e. The third kappa shape index (κ3) is 1.26. The van der Waals surface area contributed by atoms with Crippen LogP contribution < -0.4 is 0 Å². The third-order valence-corrected chi connectivity index (χ3v) is 2.87. The van der Waals surface area contributed by atoms with Gasteiger partial charge in [0.1, 0.15) is 5.60 Å². The summed E-state index contributed by atoms with van der Waals surface area (Å²) in [7, 11) is 0. The topological polar surface area (TPSA) is 182 Å². The Balaban J connectivity index is 3.43. The molecule has 1 rings (SSSR count). The Morgan fingerprint density at radius 2 is 1.00 bits per heavy atom. The van der Waals surface area contributed by atoms with E-state index in [1.807, 2.05) is 0 Å². The smallest absolute Gasteiger partial charge is 0.283 e. The standard InChI is InChI=1S/C7H14O9/c1-3(8)2-4(9,10)6(13,14)7(15,16)5(3,11)12/h8-16H,2H2,1H3. The molecule has 0 aromatic heterocycles. The molecule has 96 valence electrons. The van der Waals surface area contributed by atoms with Gasteiger partial charge in [0, 0.05) is 6.42 Å². The van der Waals surface area contributed by atoms with E-state index in [1.165, 1.54) is 0 Å². The second-order valence-corrected chi connectivity index (χ2v) is 4.28. The Morgan fingerprint density at radius 1 is 0.625 bits per heavy atom. The molecule has 0 saturated heterocycles. The van der Waals surface area contributed by atoms with Crippen LogP contribution in [0.5, 0.6) is 0 Å². The maximum absolute atomic E-state index is 9.44. The van der Waals surface area contributed by atoms with E-state index in [9.17, 15) is 25.5 Å². The largest absolute Gasteiger partial charge is 0.384 e. The predicted octanol–water partition coefficient (Wildman–Crippen LogP) is -5.14. The lowest BCUT2D eigenvalue weighted by Crippen LogP contribution is -2.86. The maximum Gasteiger partial charge on any atom is 0.283 e. The molecule has 0 bridgehead atoms. The molecule has 0 aromatic rings. The van der Waals surface area contributed by atoms with E-state index in [4.69, 9.17) is 20.4 Å². The summed E-state index contributed by atoms with van der Waals surface area (Å²) in [6.45, 7) is 0.643. The summed E-state index contributed by atoms with van der Waals surface area (Å²) in [6, 6.07) is 0. The van der Waals surface area contributed by atoms with Crippen LogP contribution in [0.4, 0.5) is 0 Å². The summed E-state index contributed by atoms with van der Waals surface area (Å²) >= 11 is 0. The van der Waals surface area contributed by atoms with Crippen LogP contribution in [0.3, 0.4) is 0 Å². The van der Waals surface area contributed by atoms with E-state index >= 15 is 0 Å². The molecule has 1 saturated carbocycles. The molecule has 9 N–H and O–H groups in total. The van der Waals surface area contributed by atoms with Crippen LogP contribution in [0.1, 0.15) is 13.3 Å². The highest BCUT2D eigenvalue weighted by atomic mass is 16.7. The van der Waals surface area contributed by atoms with Crippen molar-refractivity contribution in [2.24, 2.45) is 0 Å². The zero-order valence-corrected chi connectivity index (χ0v) is 8.23. The lowest BCUT2D eigenvalue weighted by molar-refractivity contribution is -0.552. The van der Waals surface area contributed by atoms with Gasteiger partial charge >= 0.3 is 0 Å². The molecule has 16 heavy (non-hydrogen) atoms. The van der Waals surface area contributed by atoms with Crippen molar-refractivity contribution in [3.05, 3.63) is 0 Å². The Kier molecular flexibility index (Phi) is 2.48. The highest BCUT2D eigenvalue weighted by Crippen LogP contribution is 2.49. The van der Waals surface area contributed by atoms with Gasteiger partial charge in [-0.25, -0.2) is 0 Å². The van der Waals surface area contributed by atoms with Crippen LogP contribution in [0.2, 0.25) is 0 Å². The minimum absolute atomic E-state index is 0.643. The zero-order chi connectivity index (χ0) is 13.2. The van der Waals surface area contributed by atoms with Gasteiger partial charge < -0.3 is 46.0 Å². The Bertz CT molecular complexity index is 275. The predicted molar refractivity (Wildman–Crippen MR) is 43.9 cm³/mol. The molecule has 0 heterocycles. The van der Waals surface area contributed by atoms with Gasteiger partial charge in [0.15, 0.2) is 0 Å². The van der Waals surface area contributed by atoms with Gasteiger partial charge in [-0.05, 0) is 6.92 Å². The lowest BCUT2D eigenvalue weighted by Gasteiger charge is -2.57. The first-order chi connectivity index (χ1) is 6.71. The fourth-order valence-corrected chi connectivity index (χ4v) is 1.62. The number of hydrogen-bond acceptors (Lipinski definition) is 9. The SMILES string of the molecule is CC1(O)CC(O)(O)C(O)(O)C(O)(O)C1(O)O. The first-order valence-corrected chi connectivity index (χ1v) is 4.22. The van der Waals surface area contributed by atoms with Gasteiger partial charge in [0.25, 0.3) is 17.4 Å². The Labute approximate surface area is 89.1 Å². The Hall–Kier alpha value is -0.360. The van der Waals surface area contributed by atoms with Crippen molar-refractivity contribution < 1.29 is 46.0 Å². The van der Waals surface area contributed by atoms with Crippen molar-refractivity contribution in [1.29, 1.82) is 0 Å². The highest BCUT2D eigenvalue weighted by Gasteiger charge is 2.80.